The van der Waals surface area contributed by atoms with Gasteiger partial charge in [0.05, 0.1) is 23.1 Å². The van der Waals surface area contributed by atoms with Crippen LogP contribution < -0.4 is 9.46 Å². The number of methoxy groups -OCH3 is 1. The number of carbonyl (C=O) groups excluding carboxylic acids is 1. The number of hydrogen-bond acceptors (Lipinski definition) is 5. The summed E-state index contributed by atoms with van der Waals surface area (Å²) < 4.78 is 76.1. The Morgan fingerprint density at radius 1 is 0.943 bits per heavy atom. The zero-order valence-electron chi connectivity index (χ0n) is 19.1. The van der Waals surface area contributed by atoms with Crippen LogP contribution in [0.15, 0.2) is 71.6 Å². The van der Waals surface area contributed by atoms with Crippen LogP contribution in [0.1, 0.15) is 34.0 Å². The highest BCUT2D eigenvalue weighted by molar-refractivity contribution is 7.89. The summed E-state index contributed by atoms with van der Waals surface area (Å²) in [5.74, 6) is 0.0943. The number of carbonyl (C=O) groups is 1. The van der Waals surface area contributed by atoms with E-state index in [2.05, 4.69) is 4.72 Å². The molecule has 1 N–H and O–H groups in total. The standard InChI is InChI=1S/C25H24F3NO5S/c1-3-18-6-13-22(16-23(18)24(30)33-2)35(31,32)29-15-14-17-4-9-20(10-5-17)34-21-11-7-19(8-12-21)25(26,27)28/h4-13,16,29H,3,14-15H2,1-2H3. The Labute approximate surface area is 201 Å². The first kappa shape index (κ1) is 26.2. The smallest absolute Gasteiger partial charge is 0.416 e. The van der Waals surface area contributed by atoms with Crippen molar-refractivity contribution in [1.29, 1.82) is 0 Å². The van der Waals surface area contributed by atoms with Gasteiger partial charge in [-0.2, -0.15) is 13.2 Å². The van der Waals surface area contributed by atoms with Gasteiger partial charge in [-0.05, 0) is 72.5 Å². The maximum Gasteiger partial charge on any atom is 0.416 e. The van der Waals surface area contributed by atoms with E-state index in [-0.39, 0.29) is 22.8 Å². The molecule has 0 radical (unpaired) electrons. The Hall–Kier alpha value is -3.37. The van der Waals surface area contributed by atoms with Crippen molar-refractivity contribution in [2.75, 3.05) is 13.7 Å². The lowest BCUT2D eigenvalue weighted by Gasteiger charge is -2.11. The number of alkyl halides is 3. The molecule has 3 aromatic rings. The van der Waals surface area contributed by atoms with Crippen LogP contribution in [0, 0.1) is 0 Å². The van der Waals surface area contributed by atoms with Gasteiger partial charge in [0.2, 0.25) is 10.0 Å². The first-order valence-electron chi connectivity index (χ1n) is 10.7. The van der Waals surface area contributed by atoms with Crippen LogP contribution in [0.25, 0.3) is 0 Å². The minimum absolute atomic E-state index is 0.0320. The van der Waals surface area contributed by atoms with Gasteiger partial charge in [0.15, 0.2) is 0 Å². The van der Waals surface area contributed by atoms with E-state index in [9.17, 15) is 26.4 Å². The third-order valence-corrected chi connectivity index (χ3v) is 6.68. The molecule has 0 bridgehead atoms. The minimum atomic E-state index is -4.41. The molecule has 3 aromatic carbocycles. The van der Waals surface area contributed by atoms with Gasteiger partial charge in [0.1, 0.15) is 11.5 Å². The summed E-state index contributed by atoms with van der Waals surface area (Å²) in [4.78, 5) is 11.9. The Bertz CT molecular complexity index is 1270. The third kappa shape index (κ3) is 6.83. The number of hydrogen-bond donors (Lipinski definition) is 1. The molecule has 0 saturated heterocycles. The van der Waals surface area contributed by atoms with Crippen LogP contribution in [0.3, 0.4) is 0 Å². The lowest BCUT2D eigenvalue weighted by Crippen LogP contribution is -2.26. The lowest BCUT2D eigenvalue weighted by atomic mass is 10.1. The average molecular weight is 508 g/mol. The van der Waals surface area contributed by atoms with E-state index >= 15 is 0 Å². The Morgan fingerprint density at radius 2 is 1.54 bits per heavy atom. The number of aryl methyl sites for hydroxylation is 1. The van der Waals surface area contributed by atoms with Gasteiger partial charge in [-0.15, -0.1) is 0 Å². The van der Waals surface area contributed by atoms with Gasteiger partial charge < -0.3 is 9.47 Å². The number of ether oxygens (including phenoxy) is 2. The fraction of sp³-hybridized carbons (Fsp3) is 0.240. The lowest BCUT2D eigenvalue weighted by molar-refractivity contribution is -0.137. The second-order valence-corrected chi connectivity index (χ2v) is 9.35. The molecule has 10 heteroatoms. The van der Waals surface area contributed by atoms with E-state index < -0.39 is 27.7 Å². The van der Waals surface area contributed by atoms with Gasteiger partial charge in [0, 0.05) is 6.54 Å². The third-order valence-electron chi connectivity index (χ3n) is 5.22. The number of rotatable bonds is 9. The molecule has 3 rings (SSSR count). The molecule has 0 unspecified atom stereocenters. The fourth-order valence-electron chi connectivity index (χ4n) is 3.32. The van der Waals surface area contributed by atoms with Crippen molar-refractivity contribution >= 4 is 16.0 Å². The quantitative estimate of drug-likeness (QED) is 0.394. The van der Waals surface area contributed by atoms with Crippen LogP contribution in [0.2, 0.25) is 0 Å². The minimum Gasteiger partial charge on any atom is -0.465 e. The van der Waals surface area contributed by atoms with Gasteiger partial charge in [-0.3, -0.25) is 0 Å². The number of esters is 1. The van der Waals surface area contributed by atoms with Crippen molar-refractivity contribution in [3.8, 4) is 11.5 Å². The Balaban J connectivity index is 1.59. The van der Waals surface area contributed by atoms with Gasteiger partial charge in [0.25, 0.3) is 0 Å². The highest BCUT2D eigenvalue weighted by Crippen LogP contribution is 2.31. The Kier molecular flexibility index (Phi) is 8.18. The predicted molar refractivity (Wildman–Crippen MR) is 124 cm³/mol. The molecule has 0 saturated carbocycles. The van der Waals surface area contributed by atoms with E-state index in [4.69, 9.17) is 9.47 Å². The summed E-state index contributed by atoms with van der Waals surface area (Å²) >= 11 is 0. The van der Waals surface area contributed by atoms with E-state index in [1.165, 1.54) is 31.4 Å². The zero-order chi connectivity index (χ0) is 25.6. The highest BCUT2D eigenvalue weighted by atomic mass is 32.2. The molecule has 0 spiro atoms. The van der Waals surface area contributed by atoms with Crippen LogP contribution >= 0.6 is 0 Å². The van der Waals surface area contributed by atoms with E-state index in [0.717, 1.165) is 17.7 Å². The van der Waals surface area contributed by atoms with Crippen molar-refractivity contribution in [2.45, 2.75) is 30.8 Å². The van der Waals surface area contributed by atoms with Gasteiger partial charge in [-0.1, -0.05) is 25.1 Å². The van der Waals surface area contributed by atoms with Crippen LogP contribution in [-0.2, 0) is 33.8 Å². The number of benzene rings is 3. The van der Waals surface area contributed by atoms with E-state index in [0.29, 0.717) is 24.2 Å². The monoisotopic (exact) mass is 507 g/mol. The predicted octanol–water partition coefficient (Wildman–Crippen LogP) is 5.37. The molecule has 0 aromatic heterocycles. The molecule has 6 nitrogen and oxygen atoms in total. The number of halogens is 3. The summed E-state index contributed by atoms with van der Waals surface area (Å²) in [6.07, 6.45) is -3.47. The second kappa shape index (κ2) is 10.9. The van der Waals surface area contributed by atoms with Crippen LogP contribution in [0.5, 0.6) is 11.5 Å². The maximum atomic E-state index is 12.7. The molecule has 0 fully saturated rings. The van der Waals surface area contributed by atoms with Crippen molar-refractivity contribution in [3.05, 3.63) is 89.0 Å². The first-order valence-corrected chi connectivity index (χ1v) is 12.2. The second-order valence-electron chi connectivity index (χ2n) is 7.58. The normalized spacial score (nSPS) is 11.8. The Morgan fingerprint density at radius 3 is 2.09 bits per heavy atom. The van der Waals surface area contributed by atoms with E-state index in [1.807, 2.05) is 6.92 Å². The van der Waals surface area contributed by atoms with Gasteiger partial charge in [-0.25, -0.2) is 17.9 Å². The van der Waals surface area contributed by atoms with Crippen molar-refractivity contribution in [3.63, 3.8) is 0 Å². The zero-order valence-corrected chi connectivity index (χ0v) is 19.9. The van der Waals surface area contributed by atoms with E-state index in [1.54, 1.807) is 30.3 Å². The summed E-state index contributed by atoms with van der Waals surface area (Å²) in [6, 6.07) is 15.5. The van der Waals surface area contributed by atoms with Crippen LogP contribution in [-0.4, -0.2) is 28.0 Å². The molecule has 0 atom stereocenters. The summed E-state index contributed by atoms with van der Waals surface area (Å²) in [5.41, 5.74) is 0.963. The molecular formula is C25H24F3NO5S. The highest BCUT2D eigenvalue weighted by Gasteiger charge is 2.30. The van der Waals surface area contributed by atoms with Crippen LogP contribution in [0.4, 0.5) is 13.2 Å². The molecule has 0 heterocycles. The SMILES string of the molecule is CCc1ccc(S(=O)(=O)NCCc2ccc(Oc3ccc(C(F)(F)F)cc3)cc2)cc1C(=O)OC. The molecule has 0 aliphatic carbocycles. The molecule has 0 aliphatic heterocycles. The molecular weight excluding hydrogens is 483 g/mol. The molecule has 0 aliphatic rings. The molecule has 186 valence electrons. The maximum absolute atomic E-state index is 12.7. The van der Waals surface area contributed by atoms with Gasteiger partial charge >= 0.3 is 12.1 Å². The fourth-order valence-corrected chi connectivity index (χ4v) is 4.37. The first-order chi connectivity index (χ1) is 16.5. The number of nitrogens with one attached hydrogen (secondary N) is 1. The average Bonchev–Trinajstić information content (AvgIpc) is 2.84. The largest absolute Gasteiger partial charge is 0.465 e. The molecule has 35 heavy (non-hydrogen) atoms. The summed E-state index contributed by atoms with van der Waals surface area (Å²) in [7, 11) is -2.61. The topological polar surface area (TPSA) is 81.7 Å². The molecule has 0 amide bonds. The van der Waals surface area contributed by atoms with Crippen molar-refractivity contribution in [1.82, 2.24) is 4.72 Å². The van der Waals surface area contributed by atoms with Crippen molar-refractivity contribution in [2.24, 2.45) is 0 Å². The summed E-state index contributed by atoms with van der Waals surface area (Å²) in [6.45, 7) is 1.97. The number of sulfonamides is 1. The van der Waals surface area contributed by atoms with Crippen molar-refractivity contribution < 1.29 is 35.9 Å². The summed E-state index contributed by atoms with van der Waals surface area (Å²) in [5, 5.41) is 0.